The lowest BCUT2D eigenvalue weighted by molar-refractivity contribution is 0.357. The Labute approximate surface area is 144 Å². The lowest BCUT2D eigenvalue weighted by atomic mass is 10.1. The molecule has 2 rings (SSSR count). The van der Waals surface area contributed by atoms with E-state index in [1.54, 1.807) is 7.05 Å². The molecule has 4 nitrogen and oxygen atoms in total. The van der Waals surface area contributed by atoms with Gasteiger partial charge in [0.15, 0.2) is 0 Å². The van der Waals surface area contributed by atoms with Crippen LogP contribution in [-0.4, -0.2) is 51.4 Å². The van der Waals surface area contributed by atoms with Gasteiger partial charge in [-0.15, -0.1) is 0 Å². The van der Waals surface area contributed by atoms with E-state index >= 15 is 0 Å². The van der Waals surface area contributed by atoms with Crippen molar-refractivity contribution >= 4 is 49.2 Å². The van der Waals surface area contributed by atoms with Crippen molar-refractivity contribution in [3.05, 3.63) is 26.7 Å². The second-order valence-electron chi connectivity index (χ2n) is 5.40. The molecule has 21 heavy (non-hydrogen) atoms. The van der Waals surface area contributed by atoms with Crippen molar-refractivity contribution in [1.82, 2.24) is 9.21 Å². The van der Waals surface area contributed by atoms with Gasteiger partial charge in [-0.05, 0) is 38.1 Å². The second kappa shape index (κ2) is 6.72. The number of nitrogens with zero attached hydrogens (tertiary/aromatic N) is 2. The predicted molar refractivity (Wildman–Crippen MR) is 89.6 cm³/mol. The topological polar surface area (TPSA) is 40.6 Å². The van der Waals surface area contributed by atoms with E-state index in [9.17, 15) is 8.42 Å². The minimum Gasteiger partial charge on any atom is -0.306 e. The Hall–Kier alpha value is 0.150. The van der Waals surface area contributed by atoms with Crippen LogP contribution in [0.4, 0.5) is 0 Å². The van der Waals surface area contributed by atoms with Gasteiger partial charge in [-0.1, -0.05) is 39.1 Å². The van der Waals surface area contributed by atoms with Gasteiger partial charge in [0, 0.05) is 24.6 Å². The molecule has 1 fully saturated rings. The maximum atomic E-state index is 12.7. The van der Waals surface area contributed by atoms with Gasteiger partial charge in [-0.25, -0.2) is 12.7 Å². The number of likely N-dealkylation sites (tertiary alicyclic amines) is 1. The van der Waals surface area contributed by atoms with E-state index in [-0.39, 0.29) is 14.9 Å². The van der Waals surface area contributed by atoms with E-state index in [1.165, 1.54) is 16.4 Å². The first-order chi connectivity index (χ1) is 9.71. The molecule has 1 aromatic carbocycles. The Morgan fingerprint density at radius 3 is 2.43 bits per heavy atom. The quantitative estimate of drug-likeness (QED) is 0.757. The van der Waals surface area contributed by atoms with E-state index in [1.807, 2.05) is 7.05 Å². The summed E-state index contributed by atoms with van der Waals surface area (Å²) in [4.78, 5) is 2.17. The van der Waals surface area contributed by atoms with E-state index in [0.717, 1.165) is 19.5 Å². The second-order valence-corrected chi connectivity index (χ2v) is 9.11. The molecule has 1 aromatic rings. The van der Waals surface area contributed by atoms with Gasteiger partial charge in [-0.2, -0.15) is 0 Å². The number of sulfonamides is 1. The van der Waals surface area contributed by atoms with Crippen LogP contribution in [0.1, 0.15) is 6.42 Å². The molecule has 1 saturated heterocycles. The molecule has 0 spiro atoms. The molecule has 0 aliphatic carbocycles. The van der Waals surface area contributed by atoms with Gasteiger partial charge in [0.2, 0.25) is 10.0 Å². The molecule has 0 radical (unpaired) electrons. The first-order valence-electron chi connectivity index (χ1n) is 6.51. The van der Waals surface area contributed by atoms with Gasteiger partial charge >= 0.3 is 0 Å². The van der Waals surface area contributed by atoms with Crippen molar-refractivity contribution in [2.75, 3.05) is 33.7 Å². The van der Waals surface area contributed by atoms with Gasteiger partial charge in [0.05, 0.1) is 10.0 Å². The van der Waals surface area contributed by atoms with Crippen LogP contribution in [0.2, 0.25) is 10.0 Å². The first kappa shape index (κ1) is 17.5. The number of benzene rings is 1. The predicted octanol–water partition coefficient (Wildman–Crippen LogP) is 3.33. The summed E-state index contributed by atoms with van der Waals surface area (Å²) >= 11 is 15.4. The number of hydrogen-bond donors (Lipinski definition) is 0. The molecule has 0 saturated carbocycles. The molecule has 1 unspecified atom stereocenters. The smallest absolute Gasteiger partial charge is 0.245 e. The zero-order valence-corrected chi connectivity index (χ0v) is 15.7. The van der Waals surface area contributed by atoms with Gasteiger partial charge < -0.3 is 4.90 Å². The summed E-state index contributed by atoms with van der Waals surface area (Å²) in [7, 11) is -0.0815. The van der Waals surface area contributed by atoms with E-state index in [2.05, 4.69) is 20.8 Å². The van der Waals surface area contributed by atoms with Crippen LogP contribution in [0, 0.1) is 5.92 Å². The van der Waals surface area contributed by atoms with Crippen molar-refractivity contribution in [1.29, 1.82) is 0 Å². The SMILES string of the molecule is CN1CCC(CN(C)S(=O)(=O)c2c(Cl)cc(Br)cc2Cl)C1. The monoisotopic (exact) mass is 414 g/mol. The Morgan fingerprint density at radius 2 is 1.95 bits per heavy atom. The summed E-state index contributed by atoms with van der Waals surface area (Å²) in [6.45, 7) is 2.37. The molecule has 0 N–H and O–H groups in total. The van der Waals surface area contributed by atoms with Crippen LogP contribution in [0.25, 0.3) is 0 Å². The van der Waals surface area contributed by atoms with E-state index in [4.69, 9.17) is 23.2 Å². The van der Waals surface area contributed by atoms with Crippen LogP contribution in [0.15, 0.2) is 21.5 Å². The summed E-state index contributed by atoms with van der Waals surface area (Å²) in [6.07, 6.45) is 0.998. The maximum absolute atomic E-state index is 12.7. The van der Waals surface area contributed by atoms with Crippen molar-refractivity contribution < 1.29 is 8.42 Å². The average Bonchev–Trinajstić information content (AvgIpc) is 2.72. The third-order valence-corrected chi connectivity index (χ3v) is 6.84. The molecule has 1 aliphatic rings. The van der Waals surface area contributed by atoms with Crippen LogP contribution < -0.4 is 0 Å². The third-order valence-electron chi connectivity index (χ3n) is 3.64. The van der Waals surface area contributed by atoms with E-state index < -0.39 is 10.0 Å². The molecule has 1 atom stereocenters. The minimum absolute atomic E-state index is 0.0251. The molecular formula is C13H17BrCl2N2O2S. The Balaban J connectivity index is 2.25. The minimum atomic E-state index is -3.69. The summed E-state index contributed by atoms with van der Waals surface area (Å²) < 4.78 is 27.4. The van der Waals surface area contributed by atoms with Crippen molar-refractivity contribution in [3.8, 4) is 0 Å². The van der Waals surface area contributed by atoms with Crippen LogP contribution in [0.5, 0.6) is 0 Å². The highest BCUT2D eigenvalue weighted by Gasteiger charge is 2.30. The number of halogens is 3. The highest BCUT2D eigenvalue weighted by atomic mass is 79.9. The summed E-state index contributed by atoms with van der Waals surface area (Å²) in [5.41, 5.74) is 0. The van der Waals surface area contributed by atoms with Crippen LogP contribution in [0.3, 0.4) is 0 Å². The standard InChI is InChI=1S/C13H17BrCl2N2O2S/c1-17-4-3-9(7-17)8-18(2)21(19,20)13-11(15)5-10(14)6-12(13)16/h5-6,9H,3-4,7-8H2,1-2H3. The van der Waals surface area contributed by atoms with Gasteiger partial charge in [0.1, 0.15) is 4.90 Å². The Bertz CT molecular complexity index is 616. The Kier molecular flexibility index (Phi) is 5.60. The van der Waals surface area contributed by atoms with E-state index in [0.29, 0.717) is 16.9 Å². The summed E-state index contributed by atoms with van der Waals surface area (Å²) in [6, 6.07) is 3.08. The lowest BCUT2D eigenvalue weighted by Gasteiger charge is -2.22. The van der Waals surface area contributed by atoms with Crippen LogP contribution >= 0.6 is 39.1 Å². The first-order valence-corrected chi connectivity index (χ1v) is 9.50. The maximum Gasteiger partial charge on any atom is 0.245 e. The molecule has 0 amide bonds. The fourth-order valence-electron chi connectivity index (χ4n) is 2.57. The largest absolute Gasteiger partial charge is 0.306 e. The lowest BCUT2D eigenvalue weighted by Crippen LogP contribution is -2.33. The molecule has 0 aromatic heterocycles. The Morgan fingerprint density at radius 1 is 1.38 bits per heavy atom. The highest BCUT2D eigenvalue weighted by molar-refractivity contribution is 9.10. The normalized spacial score (nSPS) is 20.4. The number of hydrogen-bond acceptors (Lipinski definition) is 3. The molecular weight excluding hydrogens is 399 g/mol. The van der Waals surface area contributed by atoms with Crippen molar-refractivity contribution in [3.63, 3.8) is 0 Å². The van der Waals surface area contributed by atoms with Crippen molar-refractivity contribution in [2.24, 2.45) is 5.92 Å². The highest BCUT2D eigenvalue weighted by Crippen LogP contribution is 2.34. The van der Waals surface area contributed by atoms with Gasteiger partial charge in [-0.3, -0.25) is 0 Å². The fraction of sp³-hybridized carbons (Fsp3) is 0.538. The molecule has 8 heteroatoms. The molecule has 1 heterocycles. The summed E-state index contributed by atoms with van der Waals surface area (Å²) in [5.74, 6) is 0.336. The fourth-order valence-corrected chi connectivity index (χ4v) is 5.69. The molecule has 118 valence electrons. The molecule has 1 aliphatic heterocycles. The molecule has 0 bridgehead atoms. The third kappa shape index (κ3) is 3.92. The van der Waals surface area contributed by atoms with Crippen molar-refractivity contribution in [2.45, 2.75) is 11.3 Å². The average molecular weight is 416 g/mol. The zero-order valence-electron chi connectivity index (χ0n) is 11.8. The number of rotatable bonds is 4. The summed E-state index contributed by atoms with van der Waals surface area (Å²) in [5, 5.41) is 0.259. The van der Waals surface area contributed by atoms with Crippen LogP contribution in [-0.2, 0) is 10.0 Å². The zero-order chi connectivity index (χ0) is 15.8. The van der Waals surface area contributed by atoms with Gasteiger partial charge in [0.25, 0.3) is 0 Å².